The van der Waals surface area contributed by atoms with Gasteiger partial charge in [0, 0.05) is 38.2 Å². The molecule has 0 spiro atoms. The Morgan fingerprint density at radius 3 is 2.58 bits per heavy atom. The third kappa shape index (κ3) is 7.02. The van der Waals surface area contributed by atoms with Crippen molar-refractivity contribution in [3.63, 3.8) is 0 Å². The van der Waals surface area contributed by atoms with Crippen LogP contribution in [0.2, 0.25) is 5.82 Å². The Morgan fingerprint density at radius 2 is 1.97 bits per heavy atom. The zero-order chi connectivity index (χ0) is 23.2. The Morgan fingerprint density at radius 1 is 1.29 bits per heavy atom. The number of alkyl halides is 2. The van der Waals surface area contributed by atoms with Gasteiger partial charge >= 0.3 is 13.1 Å². The molecule has 1 atom stereocenters. The number of carbonyl (C=O) groups excluding carboxylic acids is 3. The number of halogens is 2. The highest BCUT2D eigenvalue weighted by molar-refractivity contribution is 6.47. The number of nitrogens with zero attached hydrogens (tertiary/aromatic N) is 1. The molecule has 0 aliphatic carbocycles. The molecule has 10 heteroatoms. The van der Waals surface area contributed by atoms with Gasteiger partial charge in [-0.1, -0.05) is 12.1 Å². The molecule has 0 radical (unpaired) electrons. The van der Waals surface area contributed by atoms with Gasteiger partial charge in [-0.2, -0.15) is 0 Å². The van der Waals surface area contributed by atoms with Crippen molar-refractivity contribution in [3.8, 4) is 5.75 Å². The molecule has 1 amide bonds. The van der Waals surface area contributed by atoms with Crippen LogP contribution < -0.4 is 4.65 Å². The average molecular weight is 439 g/mol. The van der Waals surface area contributed by atoms with Gasteiger partial charge in [-0.25, -0.2) is 13.6 Å². The van der Waals surface area contributed by atoms with E-state index in [1.165, 1.54) is 11.0 Å². The first-order chi connectivity index (χ1) is 14.6. The summed E-state index contributed by atoms with van der Waals surface area (Å²) >= 11 is 0. The number of benzene rings is 1. The summed E-state index contributed by atoms with van der Waals surface area (Å²) in [5, 5.41) is 10.3. The van der Waals surface area contributed by atoms with Gasteiger partial charge < -0.3 is 19.3 Å². The van der Waals surface area contributed by atoms with Crippen LogP contribution >= 0.6 is 0 Å². The Bertz CT molecular complexity index is 810. The Hall–Kier alpha value is -2.49. The molecule has 2 rings (SSSR count). The maximum Gasteiger partial charge on any atom is 0.526 e. The number of likely N-dealkylation sites (N-methyl/N-ethyl adjacent to an activating group) is 1. The van der Waals surface area contributed by atoms with E-state index in [9.17, 15) is 28.2 Å². The molecule has 1 N–H and O–H groups in total. The third-order valence-electron chi connectivity index (χ3n) is 5.22. The number of ether oxygens (including phenoxy) is 1. The van der Waals surface area contributed by atoms with E-state index < -0.39 is 37.9 Å². The topological polar surface area (TPSA) is 93.1 Å². The van der Waals surface area contributed by atoms with Crippen molar-refractivity contribution in [2.24, 2.45) is 0 Å². The lowest BCUT2D eigenvalue weighted by Crippen LogP contribution is -2.36. The Balaban J connectivity index is 2.04. The number of carbonyl (C=O) groups is 3. The molecule has 1 aromatic carbocycles. The number of hydrogen-bond acceptors (Lipinski definition) is 6. The molecule has 7 nitrogen and oxygen atoms in total. The summed E-state index contributed by atoms with van der Waals surface area (Å²) in [6, 6.07) is 4.76. The fourth-order valence-electron chi connectivity index (χ4n) is 3.44. The van der Waals surface area contributed by atoms with E-state index in [1.54, 1.807) is 12.1 Å². The van der Waals surface area contributed by atoms with Crippen LogP contribution in [0.5, 0.6) is 5.75 Å². The van der Waals surface area contributed by atoms with E-state index in [2.05, 4.69) is 0 Å². The molecule has 1 aliphatic rings. The highest BCUT2D eigenvalue weighted by Gasteiger charge is 2.38. The van der Waals surface area contributed by atoms with Crippen LogP contribution in [0.15, 0.2) is 18.2 Å². The van der Waals surface area contributed by atoms with Gasteiger partial charge in [0.25, 0.3) is 5.91 Å². The molecule has 1 aromatic rings. The third-order valence-corrected chi connectivity index (χ3v) is 5.22. The van der Waals surface area contributed by atoms with Crippen LogP contribution in [0, 0.1) is 0 Å². The quantitative estimate of drug-likeness (QED) is 0.445. The fourth-order valence-corrected chi connectivity index (χ4v) is 3.44. The summed E-state index contributed by atoms with van der Waals surface area (Å²) < 4.78 is 36.5. The van der Waals surface area contributed by atoms with Crippen LogP contribution in [0.3, 0.4) is 0 Å². The van der Waals surface area contributed by atoms with Crippen LogP contribution in [0.25, 0.3) is 0 Å². The molecule has 1 heterocycles. The van der Waals surface area contributed by atoms with Gasteiger partial charge in [0.2, 0.25) is 5.92 Å². The molecule has 0 aromatic heterocycles. The second kappa shape index (κ2) is 10.7. The zero-order valence-corrected chi connectivity index (χ0v) is 18.0. The summed E-state index contributed by atoms with van der Waals surface area (Å²) in [6.45, 7) is 4.98. The van der Waals surface area contributed by atoms with Crippen LogP contribution in [-0.4, -0.2) is 60.3 Å². The Labute approximate surface area is 180 Å². The predicted molar refractivity (Wildman–Crippen MR) is 110 cm³/mol. The molecule has 0 unspecified atom stereocenters. The van der Waals surface area contributed by atoms with Crippen LogP contribution in [0.4, 0.5) is 8.78 Å². The first-order valence-electron chi connectivity index (χ1n) is 10.4. The lowest BCUT2D eigenvalue weighted by Gasteiger charge is -2.28. The van der Waals surface area contributed by atoms with Gasteiger partial charge in [-0.3, -0.25) is 9.59 Å². The van der Waals surface area contributed by atoms with Crippen molar-refractivity contribution in [2.45, 2.75) is 58.2 Å². The maximum atomic E-state index is 13.0. The maximum absolute atomic E-state index is 13.0. The molecule has 0 fully saturated rings. The SMILES string of the molecule is CCN(CC)C(=O)COC(=O)c1cccc2c1OB(O)[C@@H](CC(=O)CCC(C)(F)F)C2. The molecule has 0 bridgehead atoms. The normalized spacial score (nSPS) is 15.7. The lowest BCUT2D eigenvalue weighted by atomic mass is 9.64. The smallest absolute Gasteiger partial charge is 0.526 e. The van der Waals surface area contributed by atoms with Crippen molar-refractivity contribution in [1.82, 2.24) is 4.90 Å². The van der Waals surface area contributed by atoms with Gasteiger partial charge in [0.05, 0.1) is 0 Å². The molecule has 1 aliphatic heterocycles. The van der Waals surface area contributed by atoms with Crippen LogP contribution in [0.1, 0.15) is 56.0 Å². The highest BCUT2D eigenvalue weighted by atomic mass is 19.3. The monoisotopic (exact) mass is 439 g/mol. The highest BCUT2D eigenvalue weighted by Crippen LogP contribution is 2.37. The second-order valence-corrected chi connectivity index (χ2v) is 7.72. The molecular formula is C21H28BF2NO6. The zero-order valence-electron chi connectivity index (χ0n) is 18.0. The lowest BCUT2D eigenvalue weighted by molar-refractivity contribution is -0.134. The van der Waals surface area contributed by atoms with Crippen molar-refractivity contribution < 1.29 is 37.6 Å². The average Bonchev–Trinajstić information content (AvgIpc) is 2.71. The summed E-state index contributed by atoms with van der Waals surface area (Å²) in [5.74, 6) is -4.86. The number of amides is 1. The largest absolute Gasteiger partial charge is 0.535 e. The van der Waals surface area contributed by atoms with E-state index in [0.717, 1.165) is 6.92 Å². The first kappa shape index (κ1) is 24.8. The number of Topliss-reactive ketones (excluding diaryl/α,β-unsaturated/α-hetero) is 1. The van der Waals surface area contributed by atoms with E-state index >= 15 is 0 Å². The summed E-state index contributed by atoms with van der Waals surface area (Å²) in [5.41, 5.74) is 0.660. The van der Waals surface area contributed by atoms with E-state index in [4.69, 9.17) is 9.39 Å². The van der Waals surface area contributed by atoms with Gasteiger partial charge in [0.1, 0.15) is 17.1 Å². The van der Waals surface area contributed by atoms with E-state index in [0.29, 0.717) is 18.7 Å². The van der Waals surface area contributed by atoms with Crippen LogP contribution in [-0.2, 0) is 20.7 Å². The minimum Gasteiger partial charge on any atom is -0.535 e. The minimum absolute atomic E-state index is 0.0688. The molecule has 31 heavy (non-hydrogen) atoms. The summed E-state index contributed by atoms with van der Waals surface area (Å²) in [4.78, 5) is 38.1. The van der Waals surface area contributed by atoms with Crippen molar-refractivity contribution >= 4 is 24.8 Å². The van der Waals surface area contributed by atoms with Gasteiger partial charge in [-0.15, -0.1) is 0 Å². The molecule has 0 saturated heterocycles. The number of fused-ring (bicyclic) bond motifs is 1. The van der Waals surface area contributed by atoms with Crippen molar-refractivity contribution in [2.75, 3.05) is 19.7 Å². The first-order valence-corrected chi connectivity index (χ1v) is 10.4. The number of para-hydroxylation sites is 1. The summed E-state index contributed by atoms with van der Waals surface area (Å²) in [6.07, 6.45) is -0.700. The predicted octanol–water partition coefficient (Wildman–Crippen LogP) is 2.89. The fraction of sp³-hybridized carbons (Fsp3) is 0.571. The number of ketones is 1. The van der Waals surface area contributed by atoms with Gasteiger partial charge in [0.15, 0.2) is 6.61 Å². The minimum atomic E-state index is -2.92. The molecular weight excluding hydrogens is 411 g/mol. The van der Waals surface area contributed by atoms with Crippen molar-refractivity contribution in [3.05, 3.63) is 29.3 Å². The summed E-state index contributed by atoms with van der Waals surface area (Å²) in [7, 11) is -1.37. The Kier molecular flexibility index (Phi) is 8.56. The van der Waals surface area contributed by atoms with E-state index in [1.807, 2.05) is 13.8 Å². The number of hydrogen-bond donors (Lipinski definition) is 1. The second-order valence-electron chi connectivity index (χ2n) is 7.72. The van der Waals surface area contributed by atoms with E-state index in [-0.39, 0.29) is 42.3 Å². The number of esters is 1. The van der Waals surface area contributed by atoms with Crippen molar-refractivity contribution in [1.29, 1.82) is 0 Å². The number of rotatable bonds is 10. The molecule has 0 saturated carbocycles. The standard InChI is InChI=1S/C21H28BF2NO6/c1-4-25(5-2)18(27)13-30-20(28)17-8-6-7-14-11-15(22(29)31-19(14)17)12-16(26)9-10-21(3,23)24/h6-8,15,29H,4-5,9-13H2,1-3H3/t15-/m1/s1. The molecule has 170 valence electrons. The van der Waals surface area contributed by atoms with Gasteiger partial charge in [-0.05, 0) is 38.8 Å².